The lowest BCUT2D eigenvalue weighted by Gasteiger charge is -2.20. The molecule has 71 heavy (non-hydrogen) atoms. The molecule has 0 fully saturated rings. The van der Waals surface area contributed by atoms with Gasteiger partial charge in [0.1, 0.15) is 53.2 Å². The summed E-state index contributed by atoms with van der Waals surface area (Å²) in [6.45, 7) is 0. The Morgan fingerprint density at radius 2 is 0.887 bits per heavy atom. The van der Waals surface area contributed by atoms with Gasteiger partial charge in [-0.25, -0.2) is 25.3 Å². The summed E-state index contributed by atoms with van der Waals surface area (Å²) < 4.78 is 111. The van der Waals surface area contributed by atoms with E-state index in [9.17, 15) is 48.5 Å². The summed E-state index contributed by atoms with van der Waals surface area (Å²) in [6.07, 6.45) is 1.92. The summed E-state index contributed by atoms with van der Waals surface area (Å²) in [6, 6.07) is 26.0. The standard InChI is InChI=1S/C44H35N13O11S3/c45-24-3-12-35(33(47)17-24)54-51-28-5-1-22-15-39(70(63,64)65)41(43(58)31(22)19-28)56-50-27-9-7-26(8-10-27)49-37-14-11-30(21-38(37)69(60,61)62)53-57-42-40(71(66,67)68)16-23-2-6-29(20-32(23)44(42)59)52-55-36-13-4-25(46)18-34(36)48/h1-21,49-50,53H,45-48H2,(H,60,61,62)(H,63,64,65)(H,66,67,68)/p-3. The van der Waals surface area contributed by atoms with Crippen LogP contribution in [0, 0.1) is 0 Å². The van der Waals surface area contributed by atoms with Crippen LogP contribution in [0.3, 0.4) is 0 Å². The van der Waals surface area contributed by atoms with Gasteiger partial charge in [0.25, 0.3) is 0 Å². The fraction of sp³-hybridized carbons (Fsp3) is 0. The van der Waals surface area contributed by atoms with Gasteiger partial charge in [0.15, 0.2) is 0 Å². The maximum atomic E-state index is 13.7. The van der Waals surface area contributed by atoms with Crippen LogP contribution in [0.4, 0.5) is 68.2 Å². The number of Topliss-reactive ketones (excluding diaryl/α,β-unsaturated/α-hetero) is 2. The molecule has 0 aromatic heterocycles. The molecule has 0 atom stereocenters. The van der Waals surface area contributed by atoms with Crippen molar-refractivity contribution in [2.45, 2.75) is 4.90 Å². The third kappa shape index (κ3) is 10.8. The van der Waals surface area contributed by atoms with Gasteiger partial charge in [-0.1, -0.05) is 12.1 Å². The van der Waals surface area contributed by atoms with Gasteiger partial charge in [0, 0.05) is 28.2 Å². The number of rotatable bonds is 13. The number of allylic oxidation sites excluding steroid dienone is 2. The van der Waals surface area contributed by atoms with Crippen LogP contribution in [0.15, 0.2) is 161 Å². The second-order valence-electron chi connectivity index (χ2n) is 15.2. The highest BCUT2D eigenvalue weighted by molar-refractivity contribution is 7.91. The van der Waals surface area contributed by atoms with Crippen LogP contribution in [-0.4, -0.2) is 61.9 Å². The molecule has 0 heterocycles. The topological polar surface area (TPSA) is 420 Å². The van der Waals surface area contributed by atoms with Gasteiger partial charge in [0.05, 0.1) is 54.5 Å². The number of fused-ring (bicyclic) bond motifs is 2. The Labute approximate surface area is 402 Å². The number of nitrogens with two attached hydrogens (primary N) is 4. The average Bonchev–Trinajstić information content (AvgIpc) is 3.30. The second-order valence-corrected chi connectivity index (χ2v) is 19.2. The fourth-order valence-corrected chi connectivity index (χ4v) is 8.78. The summed E-state index contributed by atoms with van der Waals surface area (Å²) in [7, 11) is -15.8. The van der Waals surface area contributed by atoms with Gasteiger partial charge < -0.3 is 41.9 Å². The Hall–Kier alpha value is -8.99. The van der Waals surface area contributed by atoms with Crippen molar-refractivity contribution >= 4 is 134 Å². The highest BCUT2D eigenvalue weighted by Gasteiger charge is 2.31. The van der Waals surface area contributed by atoms with Crippen LogP contribution >= 0.6 is 0 Å². The Morgan fingerprint density at radius 1 is 0.451 bits per heavy atom. The lowest BCUT2D eigenvalue weighted by Crippen LogP contribution is -2.27. The van der Waals surface area contributed by atoms with E-state index in [-0.39, 0.29) is 73.4 Å². The molecule has 2 aliphatic carbocycles. The van der Waals surface area contributed by atoms with Gasteiger partial charge in [-0.05, 0) is 126 Å². The van der Waals surface area contributed by atoms with E-state index >= 15 is 0 Å². The first-order valence-electron chi connectivity index (χ1n) is 20.0. The number of nitrogen functional groups attached to an aromatic ring is 4. The van der Waals surface area contributed by atoms with Crippen LogP contribution in [0.2, 0.25) is 0 Å². The van der Waals surface area contributed by atoms with Gasteiger partial charge in [0.2, 0.25) is 11.6 Å². The third-order valence-electron chi connectivity index (χ3n) is 10.2. The lowest BCUT2D eigenvalue weighted by molar-refractivity contribution is 0.105. The molecule has 27 heteroatoms. The van der Waals surface area contributed by atoms with E-state index < -0.39 is 68.0 Å². The number of benzene rings is 6. The number of nitrogens with zero attached hydrogens (tertiary/aromatic N) is 6. The van der Waals surface area contributed by atoms with Crippen LogP contribution in [0.25, 0.3) is 12.2 Å². The predicted octanol–water partition coefficient (Wildman–Crippen LogP) is 6.59. The summed E-state index contributed by atoms with van der Waals surface area (Å²) in [4.78, 5) is 24.6. The lowest BCUT2D eigenvalue weighted by atomic mass is 9.94. The van der Waals surface area contributed by atoms with Crippen LogP contribution in [-0.2, 0) is 30.4 Å². The number of hydrogen-bond donors (Lipinski definition) is 7. The van der Waals surface area contributed by atoms with Crippen molar-refractivity contribution in [1.29, 1.82) is 0 Å². The smallest absolute Gasteiger partial charge is 0.215 e. The molecule has 0 radical (unpaired) electrons. The molecule has 24 nitrogen and oxygen atoms in total. The summed E-state index contributed by atoms with van der Waals surface area (Å²) in [5.74, 6) is -1.95. The number of ketones is 2. The number of azo groups is 2. The molecule has 360 valence electrons. The molecule has 11 N–H and O–H groups in total. The molecule has 2 aliphatic rings. The van der Waals surface area contributed by atoms with Crippen LogP contribution < -0.4 is 39.1 Å². The minimum Gasteiger partial charge on any atom is -0.744 e. The average molecular weight is 1020 g/mol. The molecule has 0 unspecified atom stereocenters. The zero-order valence-corrected chi connectivity index (χ0v) is 38.3. The van der Waals surface area contributed by atoms with Crippen molar-refractivity contribution < 1.29 is 48.5 Å². The van der Waals surface area contributed by atoms with Gasteiger partial charge >= 0.3 is 0 Å². The largest absolute Gasteiger partial charge is 0.744 e. The van der Waals surface area contributed by atoms with E-state index in [0.29, 0.717) is 17.1 Å². The Balaban J connectivity index is 0.998. The zero-order valence-electron chi connectivity index (χ0n) is 35.8. The number of anilines is 8. The molecule has 0 bridgehead atoms. The maximum Gasteiger partial charge on any atom is 0.215 e. The first-order valence-corrected chi connectivity index (χ1v) is 24.3. The van der Waals surface area contributed by atoms with Crippen LogP contribution in [0.1, 0.15) is 31.8 Å². The number of hydrazone groups is 2. The molecule has 6 aromatic rings. The summed E-state index contributed by atoms with van der Waals surface area (Å²) >= 11 is 0. The Morgan fingerprint density at radius 3 is 1.32 bits per heavy atom. The van der Waals surface area contributed by atoms with Crippen molar-refractivity contribution in [1.82, 2.24) is 0 Å². The highest BCUT2D eigenvalue weighted by Crippen LogP contribution is 2.34. The monoisotopic (exact) mass is 1010 g/mol. The minimum absolute atomic E-state index is 0.0428. The number of carbonyl (C=O) groups excluding carboxylic acids is 2. The minimum atomic E-state index is -5.32. The molecule has 0 amide bonds. The van der Waals surface area contributed by atoms with Gasteiger partial charge in [-0.2, -0.15) is 20.4 Å². The van der Waals surface area contributed by atoms with E-state index in [1.165, 1.54) is 91.0 Å². The third-order valence-corrected chi connectivity index (χ3v) is 12.8. The fourth-order valence-electron chi connectivity index (χ4n) is 6.83. The van der Waals surface area contributed by atoms with Crippen molar-refractivity contribution in [3.05, 3.63) is 147 Å². The second kappa shape index (κ2) is 18.8. The van der Waals surface area contributed by atoms with E-state index in [4.69, 9.17) is 22.9 Å². The number of nitrogens with one attached hydrogen (secondary N) is 3. The first kappa shape index (κ1) is 48.5. The van der Waals surface area contributed by atoms with Crippen molar-refractivity contribution in [2.24, 2.45) is 30.7 Å². The Kier molecular flexibility index (Phi) is 12.9. The number of carbonyl (C=O) groups is 2. The quantitative estimate of drug-likeness (QED) is 0.0277. The highest BCUT2D eigenvalue weighted by atomic mass is 32.2. The molecule has 0 spiro atoms. The van der Waals surface area contributed by atoms with E-state index in [2.05, 4.69) is 46.8 Å². The molecule has 0 saturated heterocycles. The Bertz CT molecular complexity index is 3800. The van der Waals surface area contributed by atoms with Crippen molar-refractivity contribution in [3.8, 4) is 0 Å². The zero-order chi connectivity index (χ0) is 51.0. The SMILES string of the molecule is Nc1ccc(N=Nc2ccc3c(c2)C(=O)C(=NNc2ccc(Nc4ccc(NN=C5C(=O)c6cc(N=Nc7ccc(N)cc7N)ccc6C=C5S(=O)(=O)[O-])cc4S(=O)(=O)[O-])cc2)C(S(=O)(=O)[O-])=C3)c(N)c1. The van der Waals surface area contributed by atoms with Gasteiger partial charge in [-0.15, -0.1) is 10.2 Å². The van der Waals surface area contributed by atoms with Crippen molar-refractivity contribution in [2.75, 3.05) is 39.1 Å². The molecule has 0 aliphatic heterocycles. The summed E-state index contributed by atoms with van der Waals surface area (Å²) in [5, 5.41) is 26.9. The molecule has 6 aromatic carbocycles. The van der Waals surface area contributed by atoms with Crippen LogP contribution in [0.5, 0.6) is 0 Å². The summed E-state index contributed by atoms with van der Waals surface area (Å²) in [5.41, 5.74) is 28.6. The van der Waals surface area contributed by atoms with E-state index in [1.807, 2.05) is 0 Å². The molecular formula is C44H32N13O11S3-3. The predicted molar refractivity (Wildman–Crippen MR) is 262 cm³/mol. The first-order chi connectivity index (χ1) is 33.5. The molecule has 8 rings (SSSR count). The van der Waals surface area contributed by atoms with E-state index in [1.54, 1.807) is 12.1 Å². The molecule has 0 saturated carbocycles. The molecular weight excluding hydrogens is 983 g/mol. The number of hydrogen-bond acceptors (Lipinski definition) is 24. The van der Waals surface area contributed by atoms with Gasteiger partial charge in [-0.3, -0.25) is 20.4 Å². The van der Waals surface area contributed by atoms with E-state index in [0.717, 1.165) is 24.3 Å². The maximum absolute atomic E-state index is 13.7. The normalized spacial score (nSPS) is 15.1. The van der Waals surface area contributed by atoms with Crippen molar-refractivity contribution in [3.63, 3.8) is 0 Å².